The van der Waals surface area contributed by atoms with E-state index in [0.29, 0.717) is 0 Å². The van der Waals surface area contributed by atoms with E-state index in [0.717, 1.165) is 25.1 Å². The average Bonchev–Trinajstić information content (AvgIpc) is 2.47. The van der Waals surface area contributed by atoms with Gasteiger partial charge >= 0.3 is 0 Å². The zero-order valence-electron chi connectivity index (χ0n) is 11.1. The van der Waals surface area contributed by atoms with Crippen molar-refractivity contribution in [2.45, 2.75) is 31.8 Å². The molecule has 18 heavy (non-hydrogen) atoms. The summed E-state index contributed by atoms with van der Waals surface area (Å²) in [5.41, 5.74) is 1.39. The van der Waals surface area contributed by atoms with Gasteiger partial charge in [0.2, 0.25) is 0 Å². The molecule has 0 fully saturated rings. The quantitative estimate of drug-likeness (QED) is 0.855. The second kappa shape index (κ2) is 5.87. The predicted octanol–water partition coefficient (Wildman–Crippen LogP) is 3.42. The van der Waals surface area contributed by atoms with Crippen LogP contribution in [0, 0.1) is 0 Å². The first kappa shape index (κ1) is 12.9. The van der Waals surface area contributed by atoms with Crippen molar-refractivity contribution in [1.82, 2.24) is 5.32 Å². The van der Waals surface area contributed by atoms with Gasteiger partial charge in [-0.25, -0.2) is 0 Å². The Balaban J connectivity index is 1.99. The second-order valence-electron chi connectivity index (χ2n) is 4.70. The molecule has 0 amide bonds. The molecule has 2 rings (SSSR count). The Morgan fingerprint density at radius 1 is 1.28 bits per heavy atom. The van der Waals surface area contributed by atoms with Crippen molar-refractivity contribution in [3.8, 4) is 0 Å². The van der Waals surface area contributed by atoms with E-state index in [9.17, 15) is 0 Å². The first-order valence-electron chi connectivity index (χ1n) is 6.50. The Morgan fingerprint density at radius 2 is 2.06 bits per heavy atom. The van der Waals surface area contributed by atoms with E-state index in [-0.39, 0.29) is 5.54 Å². The molecular formula is C16H21NO. The summed E-state index contributed by atoms with van der Waals surface area (Å²) in [5.74, 6) is 0.959. The number of rotatable bonds is 5. The average molecular weight is 243 g/mol. The summed E-state index contributed by atoms with van der Waals surface area (Å²) in [6, 6.07) is 10.5. The third-order valence-corrected chi connectivity index (χ3v) is 3.59. The lowest BCUT2D eigenvalue weighted by atomic mass is 9.87. The smallest absolute Gasteiger partial charge is 0.114 e. The minimum absolute atomic E-state index is 0.0673. The Labute approximate surface area is 109 Å². The Bertz CT molecular complexity index is 436. The molecule has 2 nitrogen and oxygen atoms in total. The molecule has 1 atom stereocenters. The number of hydrogen-bond acceptors (Lipinski definition) is 2. The van der Waals surface area contributed by atoms with E-state index in [1.54, 1.807) is 7.11 Å². The van der Waals surface area contributed by atoms with Crippen molar-refractivity contribution in [2.24, 2.45) is 0 Å². The van der Waals surface area contributed by atoms with Crippen LogP contribution in [0.2, 0.25) is 0 Å². The van der Waals surface area contributed by atoms with Crippen LogP contribution < -0.4 is 5.32 Å². The van der Waals surface area contributed by atoms with Crippen molar-refractivity contribution in [1.29, 1.82) is 0 Å². The highest BCUT2D eigenvalue weighted by molar-refractivity contribution is 5.26. The number of nitrogens with one attached hydrogen (secondary N) is 1. The molecule has 1 N–H and O–H groups in total. The summed E-state index contributed by atoms with van der Waals surface area (Å²) in [5, 5.41) is 3.66. The van der Waals surface area contributed by atoms with Crippen LogP contribution in [-0.2, 0) is 11.3 Å². The fourth-order valence-electron chi connectivity index (χ4n) is 2.20. The zero-order valence-corrected chi connectivity index (χ0v) is 11.1. The van der Waals surface area contributed by atoms with E-state index in [1.165, 1.54) is 5.56 Å². The summed E-state index contributed by atoms with van der Waals surface area (Å²) in [6.07, 6.45) is 8.50. The van der Waals surface area contributed by atoms with Gasteiger partial charge in [-0.15, -0.1) is 0 Å². The van der Waals surface area contributed by atoms with Gasteiger partial charge in [0, 0.05) is 12.1 Å². The van der Waals surface area contributed by atoms with E-state index in [1.807, 2.05) is 6.07 Å². The van der Waals surface area contributed by atoms with Gasteiger partial charge in [0.15, 0.2) is 0 Å². The van der Waals surface area contributed by atoms with Gasteiger partial charge < -0.3 is 10.1 Å². The molecule has 96 valence electrons. The molecule has 1 aliphatic carbocycles. The molecule has 1 aromatic carbocycles. The van der Waals surface area contributed by atoms with Crippen LogP contribution in [0.4, 0.5) is 0 Å². The maximum absolute atomic E-state index is 5.24. The molecule has 0 radical (unpaired) electrons. The van der Waals surface area contributed by atoms with Gasteiger partial charge in [-0.05, 0) is 30.6 Å². The van der Waals surface area contributed by atoms with Crippen LogP contribution in [0.5, 0.6) is 0 Å². The molecule has 0 saturated heterocycles. The van der Waals surface area contributed by atoms with Crippen LogP contribution in [0.25, 0.3) is 0 Å². The van der Waals surface area contributed by atoms with Crippen molar-refractivity contribution < 1.29 is 4.74 Å². The van der Waals surface area contributed by atoms with E-state index in [4.69, 9.17) is 4.74 Å². The summed E-state index contributed by atoms with van der Waals surface area (Å²) >= 11 is 0. The molecule has 2 heteroatoms. The van der Waals surface area contributed by atoms with Crippen molar-refractivity contribution in [3.05, 3.63) is 59.9 Å². The fraction of sp³-hybridized carbons (Fsp3) is 0.375. The van der Waals surface area contributed by atoms with Crippen LogP contribution >= 0.6 is 0 Å². The molecule has 0 spiro atoms. The Hall–Kier alpha value is -1.54. The summed E-state index contributed by atoms with van der Waals surface area (Å²) in [7, 11) is 1.71. The van der Waals surface area contributed by atoms with Gasteiger partial charge in [0.1, 0.15) is 5.76 Å². The topological polar surface area (TPSA) is 21.3 Å². The first-order valence-corrected chi connectivity index (χ1v) is 6.50. The van der Waals surface area contributed by atoms with Crippen LogP contribution in [0.15, 0.2) is 54.3 Å². The molecule has 0 heterocycles. The number of ether oxygens (including phenoxy) is 1. The molecule has 0 aromatic heterocycles. The summed E-state index contributed by atoms with van der Waals surface area (Å²) in [4.78, 5) is 0. The van der Waals surface area contributed by atoms with Gasteiger partial charge in [0.25, 0.3) is 0 Å². The third kappa shape index (κ3) is 3.02. The maximum Gasteiger partial charge on any atom is 0.114 e. The molecule has 1 aliphatic rings. The van der Waals surface area contributed by atoms with E-state index < -0.39 is 0 Å². The highest BCUT2D eigenvalue weighted by Crippen LogP contribution is 2.25. The largest absolute Gasteiger partial charge is 0.497 e. The standard InChI is InChI=1S/C16H21NO/c1-3-16(11-9-15(18-2)10-12-16)17-13-14-7-5-4-6-8-14/h4-11,17H,3,12-13H2,1-2H3. The third-order valence-electron chi connectivity index (χ3n) is 3.59. The van der Waals surface area contributed by atoms with Crippen molar-refractivity contribution >= 4 is 0 Å². The molecule has 0 aliphatic heterocycles. The molecule has 1 aromatic rings. The maximum atomic E-state index is 5.24. The van der Waals surface area contributed by atoms with Crippen LogP contribution in [0.3, 0.4) is 0 Å². The second-order valence-corrected chi connectivity index (χ2v) is 4.70. The van der Waals surface area contributed by atoms with Gasteiger partial charge in [0.05, 0.1) is 7.11 Å². The van der Waals surface area contributed by atoms with Crippen molar-refractivity contribution in [2.75, 3.05) is 7.11 Å². The molecular weight excluding hydrogens is 222 g/mol. The van der Waals surface area contributed by atoms with Crippen LogP contribution in [0.1, 0.15) is 25.3 Å². The van der Waals surface area contributed by atoms with Gasteiger partial charge in [-0.3, -0.25) is 0 Å². The number of benzene rings is 1. The Kier molecular flexibility index (Phi) is 4.21. The molecule has 1 unspecified atom stereocenters. The van der Waals surface area contributed by atoms with Crippen molar-refractivity contribution in [3.63, 3.8) is 0 Å². The minimum Gasteiger partial charge on any atom is -0.497 e. The number of methoxy groups -OCH3 is 1. The molecule has 0 bridgehead atoms. The van der Waals surface area contributed by atoms with Crippen LogP contribution in [-0.4, -0.2) is 12.6 Å². The minimum atomic E-state index is 0.0673. The lowest BCUT2D eigenvalue weighted by molar-refractivity contribution is 0.292. The number of allylic oxidation sites excluding steroid dienone is 1. The summed E-state index contributed by atoms with van der Waals surface area (Å²) < 4.78 is 5.24. The highest BCUT2D eigenvalue weighted by Gasteiger charge is 2.25. The lowest BCUT2D eigenvalue weighted by Crippen LogP contribution is -2.43. The monoisotopic (exact) mass is 243 g/mol. The number of hydrogen-bond donors (Lipinski definition) is 1. The zero-order chi connectivity index (χ0) is 12.8. The van der Waals surface area contributed by atoms with Gasteiger partial charge in [-0.1, -0.05) is 43.3 Å². The Morgan fingerprint density at radius 3 is 2.61 bits per heavy atom. The SMILES string of the molecule is CCC1(NCc2ccccc2)C=CC(OC)=CC1. The highest BCUT2D eigenvalue weighted by atomic mass is 16.5. The lowest BCUT2D eigenvalue weighted by Gasteiger charge is -2.32. The molecule has 0 saturated carbocycles. The fourth-order valence-corrected chi connectivity index (χ4v) is 2.20. The van der Waals surface area contributed by atoms with E-state index in [2.05, 4.69) is 54.7 Å². The van der Waals surface area contributed by atoms with Gasteiger partial charge in [-0.2, -0.15) is 0 Å². The first-order chi connectivity index (χ1) is 8.78. The summed E-state index contributed by atoms with van der Waals surface area (Å²) in [6.45, 7) is 3.11. The van der Waals surface area contributed by atoms with E-state index >= 15 is 0 Å². The normalized spacial score (nSPS) is 22.7. The predicted molar refractivity (Wildman–Crippen MR) is 75.2 cm³/mol.